The Labute approximate surface area is 123 Å². The van der Waals surface area contributed by atoms with Crippen LogP contribution in [0.1, 0.15) is 0 Å². The number of hydrogen-bond donors (Lipinski definition) is 2. The third kappa shape index (κ3) is 2.32. The fraction of sp³-hybridized carbons (Fsp3) is 0. The fourth-order valence-electron chi connectivity index (χ4n) is 2.03. The third-order valence-corrected chi connectivity index (χ3v) is 3.64. The lowest BCUT2D eigenvalue weighted by Crippen LogP contribution is -1.96. The highest BCUT2D eigenvalue weighted by Crippen LogP contribution is 2.29. The van der Waals surface area contributed by atoms with Crippen molar-refractivity contribution in [2.75, 3.05) is 11.1 Å². The van der Waals surface area contributed by atoms with Crippen molar-refractivity contribution in [1.82, 2.24) is 4.98 Å². The first-order valence-electron chi connectivity index (χ1n) is 6.00. The average molecular weight is 332 g/mol. The number of nitrogen functional groups attached to an aromatic ring is 1. The predicted molar refractivity (Wildman–Crippen MR) is 83.5 cm³/mol. The van der Waals surface area contributed by atoms with Crippen LogP contribution in [0.15, 0.2) is 53.1 Å². The highest BCUT2D eigenvalue weighted by Gasteiger charge is 2.06. The van der Waals surface area contributed by atoms with Gasteiger partial charge in [0.25, 0.3) is 0 Å². The van der Waals surface area contributed by atoms with Crippen molar-refractivity contribution in [2.45, 2.75) is 0 Å². The topological polar surface area (TPSA) is 50.9 Å². The second kappa shape index (κ2) is 5.09. The Morgan fingerprint density at radius 1 is 1.15 bits per heavy atom. The summed E-state index contributed by atoms with van der Waals surface area (Å²) in [5.74, 6) is -0.312. The van der Waals surface area contributed by atoms with Crippen LogP contribution in [0.3, 0.4) is 0 Å². The van der Waals surface area contributed by atoms with Gasteiger partial charge in [-0.15, -0.1) is 0 Å². The lowest BCUT2D eigenvalue weighted by Gasteiger charge is -2.11. The molecule has 5 heteroatoms. The van der Waals surface area contributed by atoms with Gasteiger partial charge in [0.1, 0.15) is 5.82 Å². The molecule has 100 valence electrons. The van der Waals surface area contributed by atoms with E-state index in [0.29, 0.717) is 15.8 Å². The van der Waals surface area contributed by atoms with E-state index in [1.54, 1.807) is 24.4 Å². The number of fused-ring (bicyclic) bond motifs is 1. The van der Waals surface area contributed by atoms with Crippen molar-refractivity contribution in [1.29, 1.82) is 0 Å². The van der Waals surface area contributed by atoms with Crippen LogP contribution >= 0.6 is 15.9 Å². The van der Waals surface area contributed by atoms with Gasteiger partial charge < -0.3 is 11.1 Å². The molecule has 0 aliphatic heterocycles. The molecule has 0 saturated heterocycles. The second-order valence-electron chi connectivity index (χ2n) is 4.36. The number of nitrogens with one attached hydrogen (secondary N) is 1. The molecule has 0 radical (unpaired) electrons. The molecule has 3 rings (SSSR count). The minimum absolute atomic E-state index is 0.312. The summed E-state index contributed by atoms with van der Waals surface area (Å²) in [6, 6.07) is 12.3. The SMILES string of the molecule is Nc1ccc(Nc2ccc(Br)c(F)c2)c2cccnc12. The van der Waals surface area contributed by atoms with Crippen LogP contribution in [0.5, 0.6) is 0 Å². The molecule has 0 spiro atoms. The van der Waals surface area contributed by atoms with Crippen molar-refractivity contribution in [3.8, 4) is 0 Å². The van der Waals surface area contributed by atoms with E-state index < -0.39 is 0 Å². The standard InChI is InChI=1S/C15H11BrFN3/c16-11-4-3-9(8-12(11)17)20-14-6-5-13(18)15-10(14)2-1-7-19-15/h1-8,20H,18H2. The van der Waals surface area contributed by atoms with Gasteiger partial charge in [0.05, 0.1) is 15.7 Å². The molecular weight excluding hydrogens is 321 g/mol. The first kappa shape index (κ1) is 12.9. The summed E-state index contributed by atoms with van der Waals surface area (Å²) in [6.07, 6.45) is 1.70. The first-order chi connectivity index (χ1) is 9.65. The second-order valence-corrected chi connectivity index (χ2v) is 5.21. The summed E-state index contributed by atoms with van der Waals surface area (Å²) in [5, 5.41) is 4.08. The number of pyridine rings is 1. The van der Waals surface area contributed by atoms with Gasteiger partial charge in [0.2, 0.25) is 0 Å². The minimum atomic E-state index is -0.312. The summed E-state index contributed by atoms with van der Waals surface area (Å²) in [6.45, 7) is 0. The molecule has 20 heavy (non-hydrogen) atoms. The van der Waals surface area contributed by atoms with Crippen molar-refractivity contribution in [3.05, 3.63) is 59.0 Å². The smallest absolute Gasteiger partial charge is 0.139 e. The van der Waals surface area contributed by atoms with E-state index in [2.05, 4.69) is 26.2 Å². The molecule has 1 aromatic heterocycles. The molecule has 3 aromatic rings. The van der Waals surface area contributed by atoms with Crippen LogP contribution in [-0.4, -0.2) is 4.98 Å². The molecular formula is C15H11BrFN3. The number of rotatable bonds is 2. The van der Waals surface area contributed by atoms with Crippen LogP contribution in [0.25, 0.3) is 10.9 Å². The van der Waals surface area contributed by atoms with Gasteiger partial charge in [-0.25, -0.2) is 4.39 Å². The number of halogens is 2. The first-order valence-corrected chi connectivity index (χ1v) is 6.80. The fourth-order valence-corrected chi connectivity index (χ4v) is 2.28. The summed E-state index contributed by atoms with van der Waals surface area (Å²) in [7, 11) is 0. The lowest BCUT2D eigenvalue weighted by atomic mass is 10.1. The molecule has 2 aromatic carbocycles. The van der Waals surface area contributed by atoms with E-state index in [0.717, 1.165) is 16.6 Å². The molecule has 0 unspecified atom stereocenters. The average Bonchev–Trinajstić information content (AvgIpc) is 2.46. The van der Waals surface area contributed by atoms with Crippen LogP contribution in [0.2, 0.25) is 0 Å². The van der Waals surface area contributed by atoms with Crippen molar-refractivity contribution in [2.24, 2.45) is 0 Å². The van der Waals surface area contributed by atoms with Gasteiger partial charge in [0, 0.05) is 23.0 Å². The molecule has 0 aliphatic rings. The maximum absolute atomic E-state index is 13.5. The number of nitrogens with zero attached hydrogens (tertiary/aromatic N) is 1. The van der Waals surface area contributed by atoms with Crippen molar-refractivity contribution in [3.63, 3.8) is 0 Å². The van der Waals surface area contributed by atoms with Crippen molar-refractivity contribution < 1.29 is 4.39 Å². The highest BCUT2D eigenvalue weighted by atomic mass is 79.9. The summed E-state index contributed by atoms with van der Waals surface area (Å²) >= 11 is 3.13. The largest absolute Gasteiger partial charge is 0.397 e. The molecule has 0 fully saturated rings. The molecule has 1 heterocycles. The Bertz CT molecular complexity index is 789. The Hall–Kier alpha value is -2.14. The normalized spacial score (nSPS) is 10.7. The Balaban J connectivity index is 2.06. The highest BCUT2D eigenvalue weighted by molar-refractivity contribution is 9.10. The van der Waals surface area contributed by atoms with Crippen molar-refractivity contribution >= 4 is 43.9 Å². The molecule has 0 bridgehead atoms. The third-order valence-electron chi connectivity index (χ3n) is 3.00. The molecule has 3 N–H and O–H groups in total. The molecule has 0 amide bonds. The number of nitrogens with two attached hydrogens (primary N) is 1. The Morgan fingerprint density at radius 3 is 2.80 bits per heavy atom. The molecule has 0 saturated carbocycles. The van der Waals surface area contributed by atoms with Crippen LogP contribution in [0.4, 0.5) is 21.5 Å². The van der Waals surface area contributed by atoms with Gasteiger partial charge in [-0.3, -0.25) is 4.98 Å². The summed E-state index contributed by atoms with van der Waals surface area (Å²) in [5.41, 5.74) is 8.76. The number of aromatic nitrogens is 1. The van der Waals surface area contributed by atoms with Gasteiger partial charge in [0.15, 0.2) is 0 Å². The quantitative estimate of drug-likeness (QED) is 0.681. The molecule has 3 nitrogen and oxygen atoms in total. The van der Waals surface area contributed by atoms with E-state index in [1.807, 2.05) is 18.2 Å². The summed E-state index contributed by atoms with van der Waals surface area (Å²) in [4.78, 5) is 4.27. The number of benzene rings is 2. The lowest BCUT2D eigenvalue weighted by molar-refractivity contribution is 0.622. The predicted octanol–water partition coefficient (Wildman–Crippen LogP) is 4.46. The van der Waals surface area contributed by atoms with Crippen LogP contribution in [0, 0.1) is 5.82 Å². The maximum atomic E-state index is 13.5. The Kier molecular flexibility index (Phi) is 3.28. The maximum Gasteiger partial charge on any atom is 0.139 e. The number of hydrogen-bond acceptors (Lipinski definition) is 3. The van der Waals surface area contributed by atoms with E-state index in [4.69, 9.17) is 5.73 Å². The van der Waals surface area contributed by atoms with E-state index in [-0.39, 0.29) is 5.82 Å². The Morgan fingerprint density at radius 2 is 2.00 bits per heavy atom. The zero-order valence-corrected chi connectivity index (χ0v) is 12.0. The van der Waals surface area contributed by atoms with Gasteiger partial charge in [-0.1, -0.05) is 0 Å². The molecule has 0 atom stereocenters. The zero-order valence-electron chi connectivity index (χ0n) is 10.4. The van der Waals surface area contributed by atoms with Gasteiger partial charge in [-0.2, -0.15) is 0 Å². The number of anilines is 3. The van der Waals surface area contributed by atoms with Gasteiger partial charge >= 0.3 is 0 Å². The molecule has 0 aliphatic carbocycles. The monoisotopic (exact) mass is 331 g/mol. The summed E-state index contributed by atoms with van der Waals surface area (Å²) < 4.78 is 14.0. The van der Waals surface area contributed by atoms with Crippen LogP contribution < -0.4 is 11.1 Å². The van der Waals surface area contributed by atoms with E-state index in [1.165, 1.54) is 6.07 Å². The minimum Gasteiger partial charge on any atom is -0.397 e. The zero-order chi connectivity index (χ0) is 14.1. The van der Waals surface area contributed by atoms with Crippen LogP contribution in [-0.2, 0) is 0 Å². The van der Waals surface area contributed by atoms with E-state index >= 15 is 0 Å². The van der Waals surface area contributed by atoms with Gasteiger partial charge in [-0.05, 0) is 58.4 Å². The van der Waals surface area contributed by atoms with E-state index in [9.17, 15) is 4.39 Å².